The molecule has 1 aliphatic rings. The van der Waals surface area contributed by atoms with Crippen LogP contribution in [-0.4, -0.2) is 31.6 Å². The number of hydrogen-bond donors (Lipinski definition) is 3. The summed E-state index contributed by atoms with van der Waals surface area (Å²) in [5.41, 5.74) is 5.42. The van der Waals surface area contributed by atoms with Gasteiger partial charge in [-0.2, -0.15) is 0 Å². The molecule has 1 fully saturated rings. The van der Waals surface area contributed by atoms with E-state index in [1.54, 1.807) is 0 Å². The Morgan fingerprint density at radius 2 is 2.38 bits per heavy atom. The number of hydrogen-bond acceptors (Lipinski definition) is 3. The van der Waals surface area contributed by atoms with Crippen LogP contribution in [-0.2, 0) is 4.79 Å². The largest absolute Gasteiger partial charge is 0.352 e. The van der Waals surface area contributed by atoms with Gasteiger partial charge in [-0.1, -0.05) is 6.92 Å². The molecule has 13 heavy (non-hydrogen) atoms. The zero-order chi connectivity index (χ0) is 9.84. The molecule has 0 bridgehead atoms. The zero-order valence-electron chi connectivity index (χ0n) is 8.34. The van der Waals surface area contributed by atoms with Crippen molar-refractivity contribution >= 4 is 5.91 Å². The minimum absolute atomic E-state index is 0.0836. The lowest BCUT2D eigenvalue weighted by atomic mass is 9.97. The standard InChI is InChI=1S/C9H19N3O/c1-6-4-11-5-8(6)9(13)12-7(2)3-10/h6-8,11H,3-5,10H2,1-2H3,(H,12,13)/t6?,7-,8?/m1/s1. The summed E-state index contributed by atoms with van der Waals surface area (Å²) in [7, 11) is 0. The van der Waals surface area contributed by atoms with Gasteiger partial charge in [-0.05, 0) is 19.4 Å². The van der Waals surface area contributed by atoms with E-state index < -0.39 is 0 Å². The van der Waals surface area contributed by atoms with Crippen LogP contribution in [0.5, 0.6) is 0 Å². The number of amides is 1. The zero-order valence-corrected chi connectivity index (χ0v) is 8.34. The molecule has 2 unspecified atom stereocenters. The lowest BCUT2D eigenvalue weighted by Gasteiger charge is -2.17. The fraction of sp³-hybridized carbons (Fsp3) is 0.889. The molecular formula is C9H19N3O. The van der Waals surface area contributed by atoms with Crippen molar-refractivity contribution in [1.82, 2.24) is 10.6 Å². The van der Waals surface area contributed by atoms with Gasteiger partial charge in [0.25, 0.3) is 0 Å². The topological polar surface area (TPSA) is 67.2 Å². The first-order chi connectivity index (χ1) is 6.15. The lowest BCUT2D eigenvalue weighted by Crippen LogP contribution is -2.42. The Morgan fingerprint density at radius 3 is 2.85 bits per heavy atom. The number of nitrogens with two attached hydrogens (primary N) is 1. The van der Waals surface area contributed by atoms with E-state index in [4.69, 9.17) is 5.73 Å². The smallest absolute Gasteiger partial charge is 0.224 e. The van der Waals surface area contributed by atoms with E-state index in [9.17, 15) is 4.79 Å². The van der Waals surface area contributed by atoms with E-state index in [0.29, 0.717) is 12.5 Å². The van der Waals surface area contributed by atoms with Crippen LogP contribution in [0.25, 0.3) is 0 Å². The van der Waals surface area contributed by atoms with Gasteiger partial charge >= 0.3 is 0 Å². The van der Waals surface area contributed by atoms with Crippen molar-refractivity contribution in [3.63, 3.8) is 0 Å². The second-order valence-electron chi connectivity index (χ2n) is 3.89. The van der Waals surface area contributed by atoms with Gasteiger partial charge in [-0.15, -0.1) is 0 Å². The van der Waals surface area contributed by atoms with Crippen molar-refractivity contribution in [3.8, 4) is 0 Å². The molecule has 4 N–H and O–H groups in total. The first kappa shape index (κ1) is 10.5. The Bertz CT molecular complexity index is 184. The van der Waals surface area contributed by atoms with Crippen molar-refractivity contribution in [1.29, 1.82) is 0 Å². The lowest BCUT2D eigenvalue weighted by molar-refractivity contribution is -0.125. The summed E-state index contributed by atoms with van der Waals surface area (Å²) in [5.74, 6) is 0.689. The molecule has 1 aliphatic heterocycles. The van der Waals surface area contributed by atoms with Gasteiger partial charge in [0.1, 0.15) is 0 Å². The summed E-state index contributed by atoms with van der Waals surface area (Å²) >= 11 is 0. The fourth-order valence-electron chi connectivity index (χ4n) is 1.57. The normalized spacial score (nSPS) is 30.1. The van der Waals surface area contributed by atoms with Crippen LogP contribution in [0, 0.1) is 11.8 Å². The summed E-state index contributed by atoms with van der Waals surface area (Å²) in [5, 5.41) is 6.10. The Hall–Kier alpha value is -0.610. The Labute approximate surface area is 79.3 Å². The molecule has 0 spiro atoms. The van der Waals surface area contributed by atoms with Crippen molar-refractivity contribution in [2.24, 2.45) is 17.6 Å². The molecule has 1 rings (SSSR count). The van der Waals surface area contributed by atoms with Gasteiger partial charge < -0.3 is 16.4 Å². The highest BCUT2D eigenvalue weighted by atomic mass is 16.2. The van der Waals surface area contributed by atoms with Crippen LogP contribution in [0.4, 0.5) is 0 Å². The molecular weight excluding hydrogens is 166 g/mol. The molecule has 4 nitrogen and oxygen atoms in total. The van der Waals surface area contributed by atoms with E-state index in [1.165, 1.54) is 0 Å². The molecule has 76 valence electrons. The minimum Gasteiger partial charge on any atom is -0.352 e. The Morgan fingerprint density at radius 1 is 1.69 bits per heavy atom. The van der Waals surface area contributed by atoms with Crippen LogP contribution in [0.15, 0.2) is 0 Å². The summed E-state index contributed by atoms with van der Waals surface area (Å²) in [6, 6.07) is 0.0836. The van der Waals surface area contributed by atoms with Crippen LogP contribution < -0.4 is 16.4 Å². The molecule has 0 saturated carbocycles. The van der Waals surface area contributed by atoms with E-state index >= 15 is 0 Å². The third-order valence-electron chi connectivity index (χ3n) is 2.60. The average Bonchev–Trinajstić information content (AvgIpc) is 2.51. The van der Waals surface area contributed by atoms with Crippen LogP contribution in [0.2, 0.25) is 0 Å². The second-order valence-corrected chi connectivity index (χ2v) is 3.89. The highest BCUT2D eigenvalue weighted by molar-refractivity contribution is 5.79. The van der Waals surface area contributed by atoms with Crippen molar-refractivity contribution < 1.29 is 4.79 Å². The van der Waals surface area contributed by atoms with E-state index in [2.05, 4.69) is 17.6 Å². The van der Waals surface area contributed by atoms with Crippen LogP contribution >= 0.6 is 0 Å². The molecule has 0 radical (unpaired) electrons. The van der Waals surface area contributed by atoms with Gasteiger partial charge in [0, 0.05) is 19.1 Å². The first-order valence-electron chi connectivity index (χ1n) is 4.86. The van der Waals surface area contributed by atoms with Gasteiger partial charge in [-0.25, -0.2) is 0 Å². The van der Waals surface area contributed by atoms with Gasteiger partial charge in [0.05, 0.1) is 5.92 Å². The molecule has 1 heterocycles. The molecule has 0 aromatic carbocycles. The van der Waals surface area contributed by atoms with Gasteiger partial charge in [-0.3, -0.25) is 4.79 Å². The molecule has 0 aliphatic carbocycles. The fourth-order valence-corrected chi connectivity index (χ4v) is 1.57. The number of carbonyl (C=O) groups is 1. The predicted octanol–water partition coefficient (Wildman–Crippen LogP) is -0.695. The number of nitrogens with one attached hydrogen (secondary N) is 2. The van der Waals surface area contributed by atoms with E-state index in [-0.39, 0.29) is 17.9 Å². The third-order valence-corrected chi connectivity index (χ3v) is 2.60. The molecule has 0 aromatic heterocycles. The molecule has 4 heteroatoms. The first-order valence-corrected chi connectivity index (χ1v) is 4.86. The third kappa shape index (κ3) is 2.67. The average molecular weight is 185 g/mol. The predicted molar refractivity (Wildman–Crippen MR) is 52.2 cm³/mol. The van der Waals surface area contributed by atoms with Gasteiger partial charge in [0.15, 0.2) is 0 Å². The highest BCUT2D eigenvalue weighted by Gasteiger charge is 2.29. The van der Waals surface area contributed by atoms with Crippen molar-refractivity contribution in [3.05, 3.63) is 0 Å². The maximum Gasteiger partial charge on any atom is 0.224 e. The maximum atomic E-state index is 11.6. The van der Waals surface area contributed by atoms with Crippen molar-refractivity contribution in [2.75, 3.05) is 19.6 Å². The van der Waals surface area contributed by atoms with Gasteiger partial charge in [0.2, 0.25) is 5.91 Å². The monoisotopic (exact) mass is 185 g/mol. The summed E-state index contributed by atoms with van der Waals surface area (Å²) < 4.78 is 0. The van der Waals surface area contributed by atoms with Crippen LogP contribution in [0.1, 0.15) is 13.8 Å². The number of rotatable bonds is 3. The highest BCUT2D eigenvalue weighted by Crippen LogP contribution is 2.15. The van der Waals surface area contributed by atoms with E-state index in [0.717, 1.165) is 13.1 Å². The Kier molecular flexibility index (Phi) is 3.69. The molecule has 0 aromatic rings. The minimum atomic E-state index is 0.0836. The SMILES string of the molecule is CC1CNCC1C(=O)N[C@H](C)CN. The molecule has 1 saturated heterocycles. The molecule has 1 amide bonds. The van der Waals surface area contributed by atoms with Crippen LogP contribution in [0.3, 0.4) is 0 Å². The summed E-state index contributed by atoms with van der Waals surface area (Å²) in [6.07, 6.45) is 0. The quantitative estimate of drug-likeness (QED) is 0.545. The number of carbonyl (C=O) groups excluding carboxylic acids is 1. The second kappa shape index (κ2) is 4.58. The summed E-state index contributed by atoms with van der Waals surface area (Å²) in [6.45, 7) is 6.25. The summed E-state index contributed by atoms with van der Waals surface area (Å²) in [4.78, 5) is 11.6. The van der Waals surface area contributed by atoms with Crippen molar-refractivity contribution in [2.45, 2.75) is 19.9 Å². The maximum absolute atomic E-state index is 11.6. The molecule has 3 atom stereocenters. The Balaban J connectivity index is 2.38. The van der Waals surface area contributed by atoms with E-state index in [1.807, 2.05) is 6.92 Å².